The van der Waals surface area contributed by atoms with Crippen molar-refractivity contribution < 1.29 is 8.78 Å². The summed E-state index contributed by atoms with van der Waals surface area (Å²) >= 11 is 0. The highest BCUT2D eigenvalue weighted by Gasteiger charge is 2.18. The largest absolute Gasteiger partial charge is 0.322 e. The molecule has 5 heteroatoms. The molecule has 0 spiro atoms. The summed E-state index contributed by atoms with van der Waals surface area (Å²) in [6, 6.07) is 3.75. The molecule has 1 heterocycles. The van der Waals surface area contributed by atoms with Crippen LogP contribution in [0.4, 0.5) is 8.78 Å². The lowest BCUT2D eigenvalue weighted by Crippen LogP contribution is -2.20. The zero-order valence-corrected chi connectivity index (χ0v) is 10.3. The zero-order valence-electron chi connectivity index (χ0n) is 10.3. The van der Waals surface area contributed by atoms with E-state index in [0.29, 0.717) is 5.69 Å². The van der Waals surface area contributed by atoms with E-state index in [1.165, 1.54) is 23.0 Å². The Bertz CT molecular complexity index is 549. The molecular formula is C13H15F2N3. The fourth-order valence-electron chi connectivity index (χ4n) is 1.77. The van der Waals surface area contributed by atoms with Crippen molar-refractivity contribution in [3.8, 4) is 5.69 Å². The molecule has 1 atom stereocenters. The predicted octanol–water partition coefficient (Wildman–Crippen LogP) is 2.81. The van der Waals surface area contributed by atoms with E-state index in [4.69, 9.17) is 5.73 Å². The molecule has 1 unspecified atom stereocenters. The number of nitrogens with two attached hydrogens (primary N) is 1. The molecule has 0 saturated carbocycles. The van der Waals surface area contributed by atoms with Crippen molar-refractivity contribution in [1.82, 2.24) is 9.55 Å². The van der Waals surface area contributed by atoms with E-state index in [1.807, 2.05) is 13.8 Å². The third-order valence-corrected chi connectivity index (χ3v) is 2.92. The normalized spacial score (nSPS) is 13.0. The van der Waals surface area contributed by atoms with Gasteiger partial charge in [-0.25, -0.2) is 13.8 Å². The van der Waals surface area contributed by atoms with Crippen molar-refractivity contribution in [3.63, 3.8) is 0 Å². The predicted molar refractivity (Wildman–Crippen MR) is 65.2 cm³/mol. The Morgan fingerprint density at radius 3 is 2.67 bits per heavy atom. The van der Waals surface area contributed by atoms with Gasteiger partial charge < -0.3 is 5.73 Å². The summed E-state index contributed by atoms with van der Waals surface area (Å²) in [5.74, 6) is -1.60. The number of nitrogens with zero attached hydrogens (tertiary/aromatic N) is 2. The van der Waals surface area contributed by atoms with Gasteiger partial charge in [0.15, 0.2) is 11.6 Å². The lowest BCUT2D eigenvalue weighted by molar-refractivity contribution is 0.484. The van der Waals surface area contributed by atoms with Gasteiger partial charge in [-0.3, -0.25) is 4.57 Å². The van der Waals surface area contributed by atoms with Crippen molar-refractivity contribution in [2.75, 3.05) is 0 Å². The molecule has 0 amide bonds. The topological polar surface area (TPSA) is 43.8 Å². The van der Waals surface area contributed by atoms with Crippen LogP contribution < -0.4 is 5.73 Å². The fourth-order valence-corrected chi connectivity index (χ4v) is 1.77. The number of benzene rings is 1. The maximum Gasteiger partial charge on any atom is 0.182 e. The zero-order chi connectivity index (χ0) is 13.3. The van der Waals surface area contributed by atoms with Crippen LogP contribution in [-0.4, -0.2) is 9.55 Å². The minimum Gasteiger partial charge on any atom is -0.322 e. The second-order valence-electron chi connectivity index (χ2n) is 4.53. The Balaban J connectivity index is 2.52. The van der Waals surface area contributed by atoms with Crippen molar-refractivity contribution in [2.24, 2.45) is 11.7 Å². The number of imidazole rings is 1. The molecule has 2 rings (SSSR count). The highest BCUT2D eigenvalue weighted by atomic mass is 19.2. The Labute approximate surface area is 104 Å². The summed E-state index contributed by atoms with van der Waals surface area (Å²) in [7, 11) is 0. The van der Waals surface area contributed by atoms with Gasteiger partial charge in [0.25, 0.3) is 0 Å². The number of hydrogen-bond acceptors (Lipinski definition) is 2. The molecule has 18 heavy (non-hydrogen) atoms. The number of hydrogen-bond donors (Lipinski definition) is 1. The van der Waals surface area contributed by atoms with Crippen LogP contribution in [0.3, 0.4) is 0 Å². The Morgan fingerprint density at radius 1 is 1.28 bits per heavy atom. The van der Waals surface area contributed by atoms with Crippen LogP contribution in [0.1, 0.15) is 25.6 Å². The first-order chi connectivity index (χ1) is 8.52. The maximum absolute atomic E-state index is 13.7. The van der Waals surface area contributed by atoms with E-state index in [1.54, 1.807) is 6.20 Å². The monoisotopic (exact) mass is 251 g/mol. The molecule has 96 valence electrons. The standard InChI is InChI=1S/C13H15F2N3/c1-8(2)13(16)11-6-17-7-18(11)10-5-3-4-9(14)12(10)15/h3-8,13H,16H2,1-2H3. The molecule has 0 aliphatic carbocycles. The average Bonchev–Trinajstić information content (AvgIpc) is 2.80. The second-order valence-corrected chi connectivity index (χ2v) is 4.53. The lowest BCUT2D eigenvalue weighted by Gasteiger charge is -2.18. The first kappa shape index (κ1) is 12.7. The summed E-state index contributed by atoms with van der Waals surface area (Å²) in [6.45, 7) is 3.92. The molecule has 0 aliphatic rings. The quantitative estimate of drug-likeness (QED) is 0.911. The Morgan fingerprint density at radius 2 is 2.00 bits per heavy atom. The molecule has 0 saturated heterocycles. The smallest absolute Gasteiger partial charge is 0.182 e. The highest BCUT2D eigenvalue weighted by Crippen LogP contribution is 2.24. The Hall–Kier alpha value is -1.75. The SMILES string of the molecule is CC(C)C(N)c1cncn1-c1cccc(F)c1F. The van der Waals surface area contributed by atoms with E-state index in [9.17, 15) is 8.78 Å². The van der Waals surface area contributed by atoms with Gasteiger partial charge in [-0.1, -0.05) is 19.9 Å². The van der Waals surface area contributed by atoms with Crippen LogP contribution in [0.5, 0.6) is 0 Å². The summed E-state index contributed by atoms with van der Waals surface area (Å²) < 4.78 is 28.5. The maximum atomic E-state index is 13.7. The van der Waals surface area contributed by atoms with Gasteiger partial charge in [-0.05, 0) is 18.1 Å². The molecule has 0 bridgehead atoms. The number of rotatable bonds is 3. The molecule has 0 radical (unpaired) electrons. The lowest BCUT2D eigenvalue weighted by atomic mass is 10.0. The first-order valence-electron chi connectivity index (χ1n) is 5.74. The third-order valence-electron chi connectivity index (χ3n) is 2.92. The number of aromatic nitrogens is 2. The van der Waals surface area contributed by atoms with Crippen LogP contribution in [0, 0.1) is 17.6 Å². The first-order valence-corrected chi connectivity index (χ1v) is 5.74. The summed E-state index contributed by atoms with van der Waals surface area (Å²) in [4.78, 5) is 3.97. The number of halogens is 2. The van der Waals surface area contributed by atoms with Crippen LogP contribution in [-0.2, 0) is 0 Å². The van der Waals surface area contributed by atoms with Crippen molar-refractivity contribution in [2.45, 2.75) is 19.9 Å². The second kappa shape index (κ2) is 4.86. The van der Waals surface area contributed by atoms with Gasteiger partial charge in [0.2, 0.25) is 0 Å². The molecule has 2 aromatic rings. The van der Waals surface area contributed by atoms with Crippen LogP contribution in [0.15, 0.2) is 30.7 Å². The molecule has 2 N–H and O–H groups in total. The van der Waals surface area contributed by atoms with Gasteiger partial charge in [-0.15, -0.1) is 0 Å². The minimum absolute atomic E-state index is 0.124. The van der Waals surface area contributed by atoms with Gasteiger partial charge in [0.05, 0.1) is 23.9 Å². The van der Waals surface area contributed by atoms with E-state index in [2.05, 4.69) is 4.98 Å². The van der Waals surface area contributed by atoms with E-state index < -0.39 is 11.6 Å². The summed E-state index contributed by atoms with van der Waals surface area (Å²) in [5, 5.41) is 0. The van der Waals surface area contributed by atoms with Gasteiger partial charge in [0.1, 0.15) is 0 Å². The molecule has 3 nitrogen and oxygen atoms in total. The average molecular weight is 251 g/mol. The van der Waals surface area contributed by atoms with E-state index in [-0.39, 0.29) is 17.6 Å². The van der Waals surface area contributed by atoms with Gasteiger partial charge in [0, 0.05) is 6.04 Å². The molecular weight excluding hydrogens is 236 g/mol. The fraction of sp³-hybridized carbons (Fsp3) is 0.308. The third kappa shape index (κ3) is 2.13. The van der Waals surface area contributed by atoms with Crippen LogP contribution in [0.25, 0.3) is 5.69 Å². The molecule has 0 aliphatic heterocycles. The van der Waals surface area contributed by atoms with Gasteiger partial charge in [-0.2, -0.15) is 0 Å². The Kier molecular flexibility index (Phi) is 3.43. The summed E-state index contributed by atoms with van der Waals surface area (Å²) in [6.07, 6.45) is 3.02. The van der Waals surface area contributed by atoms with E-state index in [0.717, 1.165) is 6.07 Å². The molecule has 0 fully saturated rings. The minimum atomic E-state index is -0.896. The molecule has 1 aromatic heterocycles. The molecule has 1 aromatic carbocycles. The summed E-state index contributed by atoms with van der Waals surface area (Å²) in [5.41, 5.74) is 6.82. The van der Waals surface area contributed by atoms with Crippen LogP contribution in [0.2, 0.25) is 0 Å². The van der Waals surface area contributed by atoms with Crippen molar-refractivity contribution in [1.29, 1.82) is 0 Å². The van der Waals surface area contributed by atoms with Gasteiger partial charge >= 0.3 is 0 Å². The van der Waals surface area contributed by atoms with Crippen molar-refractivity contribution in [3.05, 3.63) is 48.1 Å². The van der Waals surface area contributed by atoms with Crippen molar-refractivity contribution >= 4 is 0 Å². The van der Waals surface area contributed by atoms with Crippen LogP contribution >= 0.6 is 0 Å². The van der Waals surface area contributed by atoms with E-state index >= 15 is 0 Å². The highest BCUT2D eigenvalue weighted by molar-refractivity contribution is 5.36.